The van der Waals surface area contributed by atoms with E-state index in [0.29, 0.717) is 0 Å². The van der Waals surface area contributed by atoms with Gasteiger partial charge in [0.2, 0.25) is 0 Å². The van der Waals surface area contributed by atoms with E-state index in [0.717, 1.165) is 83.0 Å². The molecular formula is C44H25N3OS. The highest BCUT2D eigenvalue weighted by Crippen LogP contribution is 2.45. The van der Waals surface area contributed by atoms with Gasteiger partial charge >= 0.3 is 0 Å². The van der Waals surface area contributed by atoms with Crippen LogP contribution in [0, 0.1) is 0 Å². The van der Waals surface area contributed by atoms with Crippen LogP contribution in [-0.2, 0) is 0 Å². The van der Waals surface area contributed by atoms with E-state index < -0.39 is 0 Å². The normalized spacial score (nSPS) is 12.1. The molecule has 0 N–H and O–H groups in total. The first kappa shape index (κ1) is 26.7. The summed E-state index contributed by atoms with van der Waals surface area (Å²) in [7, 11) is 0. The summed E-state index contributed by atoms with van der Waals surface area (Å²) in [6.45, 7) is 0. The molecule has 0 fully saturated rings. The van der Waals surface area contributed by atoms with Gasteiger partial charge in [0, 0.05) is 58.5 Å². The van der Waals surface area contributed by atoms with E-state index in [1.54, 1.807) is 11.3 Å². The first-order valence-electron chi connectivity index (χ1n) is 16.4. The van der Waals surface area contributed by atoms with Crippen LogP contribution in [-0.4, -0.2) is 14.5 Å². The van der Waals surface area contributed by atoms with Crippen molar-refractivity contribution in [2.45, 2.75) is 0 Å². The highest BCUT2D eigenvalue weighted by molar-refractivity contribution is 7.26. The molecule has 0 saturated carbocycles. The molecule has 0 saturated heterocycles. The van der Waals surface area contributed by atoms with Gasteiger partial charge in [0.1, 0.15) is 11.2 Å². The van der Waals surface area contributed by atoms with Crippen molar-refractivity contribution < 1.29 is 4.42 Å². The first-order valence-corrected chi connectivity index (χ1v) is 17.2. The van der Waals surface area contributed by atoms with Crippen molar-refractivity contribution in [1.82, 2.24) is 14.5 Å². The Bertz CT molecular complexity index is 3110. The minimum absolute atomic E-state index is 0.719. The standard InChI is InChI=1S/C44H25N3OS/c1-2-12-26(13-3-1)41-31-16-4-8-18-35(31)45-44(46-41)34-25-27(24-33-29-15-7-11-21-39(29)49-43(33)34)47-36-19-9-5-17-32(36)40-37(47)23-22-30-28-14-6-10-20-38(28)48-42(30)40/h1-25H. The average Bonchev–Trinajstić information content (AvgIpc) is 3.84. The largest absolute Gasteiger partial charge is 0.455 e. The van der Waals surface area contributed by atoms with Gasteiger partial charge in [-0.25, -0.2) is 9.97 Å². The summed E-state index contributed by atoms with van der Waals surface area (Å²) < 4.78 is 11.4. The molecule has 11 rings (SSSR count). The van der Waals surface area contributed by atoms with Gasteiger partial charge in [0.05, 0.1) is 27.6 Å². The van der Waals surface area contributed by atoms with E-state index in [1.807, 2.05) is 12.1 Å². The van der Waals surface area contributed by atoms with E-state index in [9.17, 15) is 0 Å². The van der Waals surface area contributed by atoms with Gasteiger partial charge < -0.3 is 8.98 Å². The van der Waals surface area contributed by atoms with Crippen LogP contribution in [0.5, 0.6) is 0 Å². The molecule has 0 aliphatic heterocycles. The van der Waals surface area contributed by atoms with Crippen LogP contribution in [0.15, 0.2) is 156 Å². The van der Waals surface area contributed by atoms with Crippen molar-refractivity contribution in [3.63, 3.8) is 0 Å². The van der Waals surface area contributed by atoms with Crippen LogP contribution in [0.2, 0.25) is 0 Å². The molecule has 49 heavy (non-hydrogen) atoms. The van der Waals surface area contributed by atoms with Crippen molar-refractivity contribution in [3.05, 3.63) is 152 Å². The number of para-hydroxylation sites is 3. The van der Waals surface area contributed by atoms with Crippen molar-refractivity contribution in [3.8, 4) is 28.3 Å². The second-order valence-corrected chi connectivity index (χ2v) is 13.6. The lowest BCUT2D eigenvalue weighted by atomic mass is 10.0. The van der Waals surface area contributed by atoms with Crippen molar-refractivity contribution in [1.29, 1.82) is 0 Å². The number of furan rings is 1. The number of aromatic nitrogens is 3. The van der Waals surface area contributed by atoms with Gasteiger partial charge in [-0.05, 0) is 48.5 Å². The fourth-order valence-electron chi connectivity index (χ4n) is 7.63. The molecule has 0 amide bonds. The van der Waals surface area contributed by atoms with Crippen LogP contribution in [0.3, 0.4) is 0 Å². The molecule has 4 aromatic heterocycles. The number of fused-ring (bicyclic) bond motifs is 11. The monoisotopic (exact) mass is 643 g/mol. The maximum absolute atomic E-state index is 6.60. The Labute approximate surface area is 284 Å². The van der Waals surface area contributed by atoms with Gasteiger partial charge in [-0.1, -0.05) is 103 Å². The van der Waals surface area contributed by atoms with Crippen LogP contribution < -0.4 is 0 Å². The van der Waals surface area contributed by atoms with Crippen molar-refractivity contribution in [2.24, 2.45) is 0 Å². The quantitative estimate of drug-likeness (QED) is 0.192. The molecule has 11 aromatic rings. The number of rotatable bonds is 3. The summed E-state index contributed by atoms with van der Waals surface area (Å²) in [6, 6.07) is 53.4. The number of thiophene rings is 1. The lowest BCUT2D eigenvalue weighted by molar-refractivity contribution is 0.673. The number of benzene rings is 7. The maximum atomic E-state index is 6.60. The summed E-state index contributed by atoms with van der Waals surface area (Å²) in [5, 5.41) is 8.01. The fraction of sp³-hybridized carbons (Fsp3) is 0. The molecule has 0 aliphatic carbocycles. The molecule has 0 bridgehead atoms. The maximum Gasteiger partial charge on any atom is 0.161 e. The second kappa shape index (κ2) is 10.1. The van der Waals surface area contributed by atoms with Crippen LogP contribution in [0.25, 0.3) is 103 Å². The third-order valence-electron chi connectivity index (χ3n) is 9.79. The molecule has 0 spiro atoms. The van der Waals surface area contributed by atoms with E-state index in [-0.39, 0.29) is 0 Å². The predicted octanol–water partition coefficient (Wildman–Crippen LogP) is 12.3. The Balaban J connectivity index is 1.27. The molecule has 0 atom stereocenters. The summed E-state index contributed by atoms with van der Waals surface area (Å²) >= 11 is 1.80. The third-order valence-corrected chi connectivity index (χ3v) is 11.0. The Hall–Kier alpha value is -6.30. The zero-order valence-electron chi connectivity index (χ0n) is 26.1. The molecule has 5 heteroatoms. The molecule has 0 radical (unpaired) electrons. The second-order valence-electron chi connectivity index (χ2n) is 12.5. The van der Waals surface area contributed by atoms with Gasteiger partial charge in [0.25, 0.3) is 0 Å². The SMILES string of the molecule is c1ccc(-c2nc(-c3cc(-n4c5ccccc5c5c6oc7ccccc7c6ccc54)cc4c3sc3ccccc34)nc3ccccc23)cc1. The highest BCUT2D eigenvalue weighted by Gasteiger charge is 2.22. The number of hydrogen-bond donors (Lipinski definition) is 0. The van der Waals surface area contributed by atoms with Crippen LogP contribution in [0.4, 0.5) is 0 Å². The van der Waals surface area contributed by atoms with Gasteiger partial charge in [-0.2, -0.15) is 0 Å². The lowest BCUT2D eigenvalue weighted by Gasteiger charge is -2.13. The van der Waals surface area contributed by atoms with E-state index >= 15 is 0 Å². The smallest absolute Gasteiger partial charge is 0.161 e. The molecule has 228 valence electrons. The number of hydrogen-bond acceptors (Lipinski definition) is 4. The van der Waals surface area contributed by atoms with E-state index in [2.05, 4.69) is 144 Å². The summed E-state index contributed by atoms with van der Waals surface area (Å²) in [6.07, 6.45) is 0. The minimum atomic E-state index is 0.719. The van der Waals surface area contributed by atoms with Crippen LogP contribution >= 0.6 is 11.3 Å². The Morgan fingerprint density at radius 2 is 1.27 bits per heavy atom. The fourth-order valence-corrected chi connectivity index (χ4v) is 8.83. The molecule has 4 nitrogen and oxygen atoms in total. The Morgan fingerprint density at radius 1 is 0.531 bits per heavy atom. The molecule has 7 aromatic carbocycles. The van der Waals surface area contributed by atoms with Crippen molar-refractivity contribution in [2.75, 3.05) is 0 Å². The molecular weight excluding hydrogens is 619 g/mol. The van der Waals surface area contributed by atoms with Crippen LogP contribution in [0.1, 0.15) is 0 Å². The minimum Gasteiger partial charge on any atom is -0.455 e. The zero-order chi connectivity index (χ0) is 32.1. The third kappa shape index (κ3) is 3.85. The lowest BCUT2D eigenvalue weighted by Crippen LogP contribution is -1.98. The van der Waals surface area contributed by atoms with E-state index in [4.69, 9.17) is 14.4 Å². The van der Waals surface area contributed by atoms with Gasteiger partial charge in [-0.15, -0.1) is 11.3 Å². The summed E-state index contributed by atoms with van der Waals surface area (Å²) in [5.74, 6) is 0.719. The summed E-state index contributed by atoms with van der Waals surface area (Å²) in [4.78, 5) is 10.6. The van der Waals surface area contributed by atoms with Gasteiger partial charge in [-0.3, -0.25) is 0 Å². The summed E-state index contributed by atoms with van der Waals surface area (Å²) in [5.41, 5.74) is 9.06. The first-order chi connectivity index (χ1) is 24.3. The molecule has 4 heterocycles. The predicted molar refractivity (Wildman–Crippen MR) is 205 cm³/mol. The Morgan fingerprint density at radius 3 is 2.16 bits per heavy atom. The topological polar surface area (TPSA) is 43.9 Å². The zero-order valence-corrected chi connectivity index (χ0v) is 26.9. The molecule has 0 aliphatic rings. The van der Waals surface area contributed by atoms with Crippen molar-refractivity contribution >= 4 is 86.2 Å². The highest BCUT2D eigenvalue weighted by atomic mass is 32.1. The number of nitrogens with zero attached hydrogens (tertiary/aromatic N) is 3. The Kier molecular flexibility index (Phi) is 5.51. The average molecular weight is 644 g/mol. The van der Waals surface area contributed by atoms with Gasteiger partial charge in [0.15, 0.2) is 5.82 Å². The van der Waals surface area contributed by atoms with E-state index in [1.165, 1.54) is 20.2 Å². The molecule has 0 unspecified atom stereocenters.